The first kappa shape index (κ1) is 19.2. The fraction of sp³-hybridized carbons (Fsp3) is 0.0500. The second-order valence-electron chi connectivity index (χ2n) is 6.71. The Bertz CT molecular complexity index is 1490. The Morgan fingerprint density at radius 2 is 2.03 bits per heavy atom. The molecule has 0 saturated heterocycles. The van der Waals surface area contributed by atoms with E-state index in [1.807, 2.05) is 36.4 Å². The number of aromatic nitrogens is 4. The summed E-state index contributed by atoms with van der Waals surface area (Å²) in [6.07, 6.45) is 1.69. The third-order valence-electron chi connectivity index (χ3n) is 4.76. The highest BCUT2D eigenvalue weighted by Gasteiger charge is 2.12. The van der Waals surface area contributed by atoms with Crippen molar-refractivity contribution in [3.63, 3.8) is 0 Å². The molecule has 0 aliphatic carbocycles. The third-order valence-corrected chi connectivity index (χ3v) is 5.15. The van der Waals surface area contributed by atoms with E-state index < -0.39 is 17.0 Å². The van der Waals surface area contributed by atoms with Crippen LogP contribution in [0.4, 0.5) is 11.6 Å². The van der Waals surface area contributed by atoms with Crippen molar-refractivity contribution < 1.29 is 13.2 Å². The van der Waals surface area contributed by atoms with Gasteiger partial charge in [-0.15, -0.1) is 5.10 Å². The first-order valence-electron chi connectivity index (χ1n) is 9.24. The minimum absolute atomic E-state index is 0.227. The number of benzene rings is 2. The van der Waals surface area contributed by atoms with Crippen molar-refractivity contribution in [3.8, 4) is 11.3 Å². The molecule has 4 N–H and O–H groups in total. The van der Waals surface area contributed by atoms with Gasteiger partial charge in [0.15, 0.2) is 5.58 Å². The van der Waals surface area contributed by atoms with Crippen LogP contribution in [0.5, 0.6) is 0 Å². The summed E-state index contributed by atoms with van der Waals surface area (Å²) in [4.78, 5) is 18.3. The Morgan fingerprint density at radius 3 is 2.90 bits per heavy atom. The van der Waals surface area contributed by atoms with E-state index in [-0.39, 0.29) is 6.54 Å². The Morgan fingerprint density at radius 1 is 1.16 bits per heavy atom. The summed E-state index contributed by atoms with van der Waals surface area (Å²) in [5.74, 6) is -0.158. The third kappa shape index (κ3) is 3.84. The zero-order valence-electron chi connectivity index (χ0n) is 15.9. The van der Waals surface area contributed by atoms with Crippen molar-refractivity contribution in [2.75, 3.05) is 5.32 Å². The number of anilines is 2. The van der Waals surface area contributed by atoms with Gasteiger partial charge in [0.25, 0.3) is 0 Å². The first-order chi connectivity index (χ1) is 15.1. The fourth-order valence-electron chi connectivity index (χ4n) is 3.38. The van der Waals surface area contributed by atoms with Gasteiger partial charge in [-0.2, -0.15) is 0 Å². The average molecular weight is 436 g/mol. The maximum absolute atomic E-state index is 11.4. The quantitative estimate of drug-likeness (QED) is 0.300. The molecule has 0 fully saturated rings. The van der Waals surface area contributed by atoms with Crippen molar-refractivity contribution >= 4 is 39.5 Å². The second-order valence-corrected chi connectivity index (χ2v) is 7.50. The summed E-state index contributed by atoms with van der Waals surface area (Å²) < 4.78 is 29.4. The number of aromatic amines is 1. The Balaban J connectivity index is 1.51. The Hall–Kier alpha value is -3.80. The first-order valence-corrected chi connectivity index (χ1v) is 10.3. The Labute approximate surface area is 177 Å². The summed E-state index contributed by atoms with van der Waals surface area (Å²) >= 11 is -2.11. The van der Waals surface area contributed by atoms with Crippen molar-refractivity contribution in [2.24, 2.45) is 0 Å². The van der Waals surface area contributed by atoms with Crippen LogP contribution < -0.4 is 15.8 Å². The molecule has 11 heteroatoms. The molecule has 0 aliphatic heterocycles. The molecule has 3 aromatic heterocycles. The monoisotopic (exact) mass is 436 g/mol. The van der Waals surface area contributed by atoms with Crippen LogP contribution in [-0.4, -0.2) is 28.3 Å². The van der Waals surface area contributed by atoms with E-state index >= 15 is 0 Å². The van der Waals surface area contributed by atoms with Gasteiger partial charge in [0.1, 0.15) is 0 Å². The highest BCUT2D eigenvalue weighted by atomic mass is 32.2. The molecule has 0 saturated carbocycles. The van der Waals surface area contributed by atoms with Crippen LogP contribution >= 0.6 is 0 Å². The van der Waals surface area contributed by atoms with Crippen LogP contribution in [0.2, 0.25) is 0 Å². The molecule has 3 heterocycles. The normalized spacial score (nSPS) is 12.4. The molecule has 5 aromatic rings. The molecule has 0 radical (unpaired) electrons. The number of rotatable bonds is 6. The van der Waals surface area contributed by atoms with E-state index in [9.17, 15) is 9.00 Å². The van der Waals surface area contributed by atoms with Gasteiger partial charge in [-0.25, -0.2) is 23.2 Å². The van der Waals surface area contributed by atoms with Crippen molar-refractivity contribution in [2.45, 2.75) is 6.54 Å². The predicted molar refractivity (Wildman–Crippen MR) is 116 cm³/mol. The summed E-state index contributed by atoms with van der Waals surface area (Å²) in [5, 5.41) is 7.71. The molecule has 31 heavy (non-hydrogen) atoms. The predicted octanol–water partition coefficient (Wildman–Crippen LogP) is 2.80. The van der Waals surface area contributed by atoms with Crippen molar-refractivity contribution in [1.82, 2.24) is 24.3 Å². The summed E-state index contributed by atoms with van der Waals surface area (Å²) in [6.45, 7) is 0.227. The van der Waals surface area contributed by atoms with Gasteiger partial charge in [-0.1, -0.05) is 24.3 Å². The van der Waals surface area contributed by atoms with Crippen LogP contribution in [0.3, 0.4) is 0 Å². The van der Waals surface area contributed by atoms with Crippen LogP contribution in [0.15, 0.2) is 70.0 Å². The van der Waals surface area contributed by atoms with Gasteiger partial charge in [0, 0.05) is 23.9 Å². The van der Waals surface area contributed by atoms with E-state index in [1.165, 1.54) is 0 Å². The minimum atomic E-state index is -2.11. The topological polar surface area (TPSA) is 138 Å². The smallest absolute Gasteiger partial charge is 0.408 e. The van der Waals surface area contributed by atoms with Crippen molar-refractivity contribution in [3.05, 3.63) is 76.9 Å². The van der Waals surface area contributed by atoms with E-state index in [2.05, 4.69) is 25.1 Å². The second kappa shape index (κ2) is 7.80. The fourth-order valence-corrected chi connectivity index (χ4v) is 3.66. The van der Waals surface area contributed by atoms with E-state index in [4.69, 9.17) is 8.97 Å². The SMILES string of the molecule is O=c1[nH]c2ccc(Nc3ncc4ccc(-c5ccccc5CNS(=O)O)n4n3)cc2o1. The van der Waals surface area contributed by atoms with Gasteiger partial charge >= 0.3 is 5.76 Å². The largest absolute Gasteiger partial charge is 0.417 e. The van der Waals surface area contributed by atoms with Crippen LogP contribution in [0, 0.1) is 0 Å². The minimum Gasteiger partial charge on any atom is -0.408 e. The lowest BCUT2D eigenvalue weighted by Crippen LogP contribution is -2.16. The lowest BCUT2D eigenvalue weighted by Gasteiger charge is -2.10. The maximum Gasteiger partial charge on any atom is 0.417 e. The standard InChI is InChI=1S/C20H16N6O4S/c27-20-24-16-7-5-13(9-18(16)30-20)23-19-21-11-14-6-8-17(26(14)25-19)15-4-2-1-3-12(15)10-22-31(28)29/h1-9,11,22H,10H2,(H,23,25)(H,24,27)(H,28,29). The van der Waals surface area contributed by atoms with Crippen LogP contribution in [0.1, 0.15) is 5.56 Å². The summed E-state index contributed by atoms with van der Waals surface area (Å²) in [6, 6.07) is 16.6. The average Bonchev–Trinajstić information content (AvgIpc) is 3.34. The van der Waals surface area contributed by atoms with Crippen LogP contribution in [-0.2, 0) is 17.8 Å². The van der Waals surface area contributed by atoms with E-state index in [1.54, 1.807) is 28.9 Å². The van der Waals surface area contributed by atoms with E-state index in [0.717, 1.165) is 22.3 Å². The Kier molecular flexibility index (Phi) is 4.82. The molecule has 0 spiro atoms. The number of hydrogen-bond donors (Lipinski definition) is 4. The molecule has 1 unspecified atom stereocenters. The molecule has 0 bridgehead atoms. The molecule has 2 aromatic carbocycles. The maximum atomic E-state index is 11.4. The number of fused-ring (bicyclic) bond motifs is 2. The molecular formula is C20H16N6O4S. The zero-order chi connectivity index (χ0) is 21.4. The summed E-state index contributed by atoms with van der Waals surface area (Å²) in [5.41, 5.74) is 5.04. The molecule has 1 atom stereocenters. The highest BCUT2D eigenvalue weighted by Crippen LogP contribution is 2.26. The van der Waals surface area contributed by atoms with E-state index in [0.29, 0.717) is 22.7 Å². The lowest BCUT2D eigenvalue weighted by atomic mass is 10.1. The molecule has 10 nitrogen and oxygen atoms in total. The van der Waals surface area contributed by atoms with Gasteiger partial charge in [0.2, 0.25) is 17.2 Å². The van der Waals surface area contributed by atoms with Crippen LogP contribution in [0.25, 0.3) is 27.9 Å². The molecule has 156 valence electrons. The number of hydrogen-bond acceptors (Lipinski definition) is 6. The zero-order valence-corrected chi connectivity index (χ0v) is 16.7. The number of nitrogens with one attached hydrogen (secondary N) is 3. The number of oxazole rings is 1. The lowest BCUT2D eigenvalue weighted by molar-refractivity contribution is 0.548. The molecule has 0 amide bonds. The molecule has 0 aliphatic rings. The number of nitrogens with zero attached hydrogens (tertiary/aromatic N) is 3. The molecular weight excluding hydrogens is 420 g/mol. The van der Waals surface area contributed by atoms with Crippen molar-refractivity contribution in [1.29, 1.82) is 0 Å². The van der Waals surface area contributed by atoms with Gasteiger partial charge in [-0.05, 0) is 29.8 Å². The summed E-state index contributed by atoms with van der Waals surface area (Å²) in [7, 11) is 0. The van der Waals surface area contributed by atoms with Gasteiger partial charge in [0.05, 0.1) is 22.9 Å². The van der Waals surface area contributed by atoms with Gasteiger partial charge in [-0.3, -0.25) is 9.54 Å². The number of H-pyrrole nitrogens is 1. The highest BCUT2D eigenvalue weighted by molar-refractivity contribution is 7.77. The van der Waals surface area contributed by atoms with Gasteiger partial charge < -0.3 is 9.73 Å². The molecule has 5 rings (SSSR count).